The van der Waals surface area contributed by atoms with E-state index >= 15 is 0 Å². The minimum Gasteiger partial charge on any atom is -0.385 e. The zero-order chi connectivity index (χ0) is 28.7. The molecule has 0 amide bonds. The second-order valence-corrected chi connectivity index (χ2v) is 12.7. The van der Waals surface area contributed by atoms with E-state index in [0.29, 0.717) is 36.9 Å². The molecule has 228 valence electrons. The van der Waals surface area contributed by atoms with Gasteiger partial charge in [0.05, 0.1) is 5.56 Å². The number of aliphatic hydroxyl groups excluding tert-OH is 1. The third-order valence-corrected chi connectivity index (χ3v) is 10.4. The number of aromatic nitrogens is 2. The first-order valence-corrected chi connectivity index (χ1v) is 15.0. The summed E-state index contributed by atoms with van der Waals surface area (Å²) in [6.45, 7) is 9.07. The topological polar surface area (TPSA) is 146 Å². The van der Waals surface area contributed by atoms with Gasteiger partial charge in [-0.25, -0.2) is 9.78 Å². The molecule has 13 heteroatoms. The molecule has 3 N–H and O–H groups in total. The molecule has 1 aliphatic carbocycles. The van der Waals surface area contributed by atoms with Gasteiger partial charge < -0.3 is 39.0 Å². The van der Waals surface area contributed by atoms with E-state index in [2.05, 4.69) is 24.1 Å². The molecular weight excluding hydrogens is 536 g/mol. The number of anilines is 2. The van der Waals surface area contributed by atoms with Crippen LogP contribution in [-0.2, 0) is 39.9 Å². The van der Waals surface area contributed by atoms with Crippen molar-refractivity contribution in [3.63, 3.8) is 0 Å². The molecule has 6 aliphatic heterocycles. The monoisotopic (exact) mass is 578 g/mol. The van der Waals surface area contributed by atoms with Crippen molar-refractivity contribution < 1.29 is 38.6 Å². The molecular formula is C28H42N4O9. The lowest BCUT2D eigenvalue weighted by atomic mass is 9.58. The standard InChI is InChI=1S/C28H42N4O9/c1-6-36-24-19(35-5)18(33)23(38-24)32-12-10-15-20(32)29-26(30-21(15)34)31-22-14(3)17-8-7-13(2)16-9-11-27(4)39-25(37-22)28(16,17)41-40-27/h13-14,16-19,22-25,33H,6-12H2,1-5H3,(H2,29,30,31,34). The molecule has 1 aromatic rings. The zero-order valence-corrected chi connectivity index (χ0v) is 24.3. The molecule has 7 heterocycles. The van der Waals surface area contributed by atoms with Crippen LogP contribution in [0.25, 0.3) is 0 Å². The van der Waals surface area contributed by atoms with E-state index in [0.717, 1.165) is 25.7 Å². The molecule has 2 bridgehead atoms. The predicted octanol–water partition coefficient (Wildman–Crippen LogP) is 1.85. The van der Waals surface area contributed by atoms with Crippen molar-refractivity contribution in [2.24, 2.45) is 23.7 Å². The maximum absolute atomic E-state index is 13.2. The molecule has 1 spiro atoms. The number of aromatic amines is 1. The Kier molecular flexibility index (Phi) is 6.90. The third-order valence-electron chi connectivity index (χ3n) is 10.4. The van der Waals surface area contributed by atoms with Crippen molar-refractivity contribution in [3.8, 4) is 0 Å². The van der Waals surface area contributed by atoms with Crippen LogP contribution in [0.5, 0.6) is 0 Å². The van der Waals surface area contributed by atoms with E-state index in [-0.39, 0.29) is 29.3 Å². The van der Waals surface area contributed by atoms with Crippen LogP contribution in [0.2, 0.25) is 0 Å². The predicted molar refractivity (Wildman–Crippen MR) is 143 cm³/mol. The SMILES string of the molecule is CCOC1OC(N2CCc3c2nc(NC2OC4OC5(C)CCC6C(C)CCC(C2C)C46OO5)[nH]c3=O)C(O)C1OC. The van der Waals surface area contributed by atoms with Gasteiger partial charge in [0.2, 0.25) is 11.7 Å². The van der Waals surface area contributed by atoms with Gasteiger partial charge in [-0.3, -0.25) is 9.78 Å². The van der Waals surface area contributed by atoms with Crippen molar-refractivity contribution in [1.29, 1.82) is 0 Å². The highest BCUT2D eigenvalue weighted by Gasteiger charge is 2.69. The maximum atomic E-state index is 13.2. The second-order valence-electron chi connectivity index (χ2n) is 12.7. The van der Waals surface area contributed by atoms with Crippen LogP contribution in [-0.4, -0.2) is 84.0 Å². The van der Waals surface area contributed by atoms with E-state index in [1.54, 1.807) is 0 Å². The van der Waals surface area contributed by atoms with Crippen molar-refractivity contribution in [3.05, 3.63) is 15.9 Å². The summed E-state index contributed by atoms with van der Waals surface area (Å²) in [6.07, 6.45) is 0.00780. The van der Waals surface area contributed by atoms with Gasteiger partial charge in [-0.1, -0.05) is 13.8 Å². The summed E-state index contributed by atoms with van der Waals surface area (Å²) in [5.41, 5.74) is -0.368. The summed E-state index contributed by atoms with van der Waals surface area (Å²) < 4.78 is 30.3. The molecule has 12 unspecified atom stereocenters. The molecule has 13 nitrogen and oxygen atoms in total. The number of hydrogen-bond acceptors (Lipinski definition) is 12. The zero-order valence-electron chi connectivity index (χ0n) is 24.3. The normalized spacial score (nSPS) is 46.7. The Morgan fingerprint density at radius 2 is 2.02 bits per heavy atom. The number of aliphatic hydroxyl groups is 1. The van der Waals surface area contributed by atoms with E-state index in [1.807, 2.05) is 18.7 Å². The molecule has 5 saturated heterocycles. The fourth-order valence-corrected chi connectivity index (χ4v) is 8.23. The molecule has 12 atom stereocenters. The van der Waals surface area contributed by atoms with E-state index in [4.69, 9.17) is 38.4 Å². The summed E-state index contributed by atoms with van der Waals surface area (Å²) in [5, 5.41) is 14.4. The van der Waals surface area contributed by atoms with Crippen LogP contribution < -0.4 is 15.8 Å². The maximum Gasteiger partial charge on any atom is 0.257 e. The van der Waals surface area contributed by atoms with Crippen LogP contribution in [0.4, 0.5) is 11.8 Å². The van der Waals surface area contributed by atoms with E-state index in [9.17, 15) is 9.90 Å². The molecule has 0 aromatic carbocycles. The highest BCUT2D eigenvalue weighted by molar-refractivity contribution is 5.55. The number of rotatable bonds is 6. The molecule has 6 fully saturated rings. The Morgan fingerprint density at radius 1 is 1.20 bits per heavy atom. The van der Waals surface area contributed by atoms with Crippen LogP contribution in [0.15, 0.2) is 4.79 Å². The fourth-order valence-electron chi connectivity index (χ4n) is 8.23. The second kappa shape index (κ2) is 10.1. The highest BCUT2D eigenvalue weighted by Crippen LogP contribution is 2.60. The summed E-state index contributed by atoms with van der Waals surface area (Å²) in [6, 6.07) is 0. The quantitative estimate of drug-likeness (QED) is 0.424. The number of methoxy groups -OCH3 is 1. The Bertz CT molecular complexity index is 1220. The van der Waals surface area contributed by atoms with Gasteiger partial charge in [-0.05, 0) is 51.4 Å². The van der Waals surface area contributed by atoms with Crippen molar-refractivity contribution in [2.75, 3.05) is 30.5 Å². The summed E-state index contributed by atoms with van der Waals surface area (Å²) >= 11 is 0. The van der Waals surface area contributed by atoms with E-state index in [1.165, 1.54) is 7.11 Å². The van der Waals surface area contributed by atoms with Crippen LogP contribution >= 0.6 is 0 Å². The minimum atomic E-state index is -0.981. The molecule has 41 heavy (non-hydrogen) atoms. The van der Waals surface area contributed by atoms with Crippen LogP contribution in [0.1, 0.15) is 58.9 Å². The van der Waals surface area contributed by atoms with Crippen molar-refractivity contribution >= 4 is 11.8 Å². The molecule has 1 saturated carbocycles. The minimum absolute atomic E-state index is 0.0139. The van der Waals surface area contributed by atoms with Gasteiger partial charge in [0.1, 0.15) is 24.3 Å². The molecule has 1 aromatic heterocycles. The van der Waals surface area contributed by atoms with Gasteiger partial charge >= 0.3 is 0 Å². The Labute approximate surface area is 239 Å². The highest BCUT2D eigenvalue weighted by atomic mass is 17.3. The first-order chi connectivity index (χ1) is 19.7. The smallest absolute Gasteiger partial charge is 0.257 e. The average molecular weight is 579 g/mol. The van der Waals surface area contributed by atoms with Gasteiger partial charge in [0.25, 0.3) is 5.56 Å². The van der Waals surface area contributed by atoms with Crippen molar-refractivity contribution in [1.82, 2.24) is 9.97 Å². The average Bonchev–Trinajstić information content (AvgIpc) is 3.41. The lowest BCUT2D eigenvalue weighted by Crippen LogP contribution is -2.71. The Balaban J connectivity index is 1.16. The Hall–Kier alpha value is -1.84. The molecule has 7 aliphatic rings. The van der Waals surface area contributed by atoms with Crippen molar-refractivity contribution in [2.45, 2.75) is 108 Å². The number of hydrogen-bond donors (Lipinski definition) is 3. The molecule has 8 rings (SSSR count). The first-order valence-electron chi connectivity index (χ1n) is 15.0. The first kappa shape index (κ1) is 28.0. The number of fused-ring (bicyclic) bond motifs is 3. The summed E-state index contributed by atoms with van der Waals surface area (Å²) in [7, 11) is 1.51. The number of nitrogens with zero attached hydrogens (tertiary/aromatic N) is 2. The third kappa shape index (κ3) is 4.19. The number of ether oxygens (including phenoxy) is 5. The van der Waals surface area contributed by atoms with Crippen LogP contribution in [0, 0.1) is 23.7 Å². The number of nitrogens with one attached hydrogen (secondary N) is 2. The lowest BCUT2D eigenvalue weighted by Gasteiger charge is -2.60. The lowest BCUT2D eigenvalue weighted by molar-refractivity contribution is -0.570. The van der Waals surface area contributed by atoms with Gasteiger partial charge in [0.15, 0.2) is 24.4 Å². The van der Waals surface area contributed by atoms with Crippen LogP contribution in [0.3, 0.4) is 0 Å². The number of H-pyrrole nitrogens is 1. The van der Waals surface area contributed by atoms with Gasteiger partial charge in [0, 0.05) is 38.5 Å². The van der Waals surface area contributed by atoms with E-state index < -0.39 is 48.6 Å². The largest absolute Gasteiger partial charge is 0.385 e. The summed E-state index contributed by atoms with van der Waals surface area (Å²) in [4.78, 5) is 34.9. The molecule has 0 radical (unpaired) electrons. The fraction of sp³-hybridized carbons (Fsp3) is 0.857. The van der Waals surface area contributed by atoms with Gasteiger partial charge in [-0.15, -0.1) is 0 Å². The van der Waals surface area contributed by atoms with Gasteiger partial charge in [-0.2, -0.15) is 4.98 Å². The Morgan fingerprint density at radius 3 is 2.80 bits per heavy atom. The summed E-state index contributed by atoms with van der Waals surface area (Å²) in [5.74, 6) is 0.755.